The third-order valence-corrected chi connectivity index (χ3v) is 11.9. The van der Waals surface area contributed by atoms with Crippen LogP contribution < -0.4 is 10.6 Å². The summed E-state index contributed by atoms with van der Waals surface area (Å²) in [5.74, 6) is -0.720. The minimum absolute atomic E-state index is 0.101. The van der Waals surface area contributed by atoms with Crippen LogP contribution in [0.5, 0.6) is 0 Å². The molecule has 0 unspecified atom stereocenters. The lowest BCUT2D eigenvalue weighted by Crippen LogP contribution is -2.35. The highest BCUT2D eigenvalue weighted by Gasteiger charge is 2.50. The third kappa shape index (κ3) is 6.50. The predicted octanol–water partition coefficient (Wildman–Crippen LogP) is 6.92. The Morgan fingerprint density at radius 3 is 1.44 bits per heavy atom. The summed E-state index contributed by atoms with van der Waals surface area (Å²) in [6, 6.07) is 10.9. The van der Waals surface area contributed by atoms with Crippen molar-refractivity contribution in [2.45, 2.75) is 105 Å². The van der Waals surface area contributed by atoms with Crippen LogP contribution >= 0.6 is 0 Å². The molecule has 2 aliphatic heterocycles. The van der Waals surface area contributed by atoms with E-state index in [4.69, 9.17) is 0 Å². The van der Waals surface area contributed by atoms with Gasteiger partial charge in [-0.25, -0.2) is 0 Å². The molecule has 2 heterocycles. The van der Waals surface area contributed by atoms with Crippen LogP contribution in [-0.2, 0) is 9.59 Å². The van der Waals surface area contributed by atoms with Gasteiger partial charge in [-0.05, 0) is 96.6 Å². The van der Waals surface area contributed by atoms with Crippen LogP contribution in [0.3, 0.4) is 0 Å². The van der Waals surface area contributed by atoms with Crippen LogP contribution in [0.1, 0.15) is 125 Å². The van der Waals surface area contributed by atoms with Crippen molar-refractivity contribution in [3.05, 3.63) is 58.7 Å². The lowest BCUT2D eigenvalue weighted by molar-refractivity contribution is -0.117. The molecule has 3 aliphatic carbocycles. The molecule has 8 nitrogen and oxygen atoms in total. The van der Waals surface area contributed by atoms with E-state index in [2.05, 4.69) is 62.0 Å². The number of amides is 2. The number of rotatable bonds is 8. The molecule has 256 valence electrons. The van der Waals surface area contributed by atoms with Gasteiger partial charge in [0.2, 0.25) is 11.8 Å². The monoisotopic (exact) mass is 652 g/mol. The average molecular weight is 653 g/mol. The number of carbonyl (C=O) groups is 4. The number of likely N-dealkylation sites (tertiary alicyclic amines) is 2. The summed E-state index contributed by atoms with van der Waals surface area (Å²) >= 11 is 0. The van der Waals surface area contributed by atoms with Gasteiger partial charge >= 0.3 is 0 Å². The minimum Gasteiger partial charge on any atom is -0.326 e. The summed E-state index contributed by atoms with van der Waals surface area (Å²) in [5, 5.41) is 5.93. The van der Waals surface area contributed by atoms with Crippen LogP contribution in [0.4, 0.5) is 11.4 Å². The molecule has 2 amide bonds. The molecule has 48 heavy (non-hydrogen) atoms. The lowest BCUT2D eigenvalue weighted by atomic mass is 9.65. The molecule has 5 aliphatic rings. The fraction of sp³-hybridized carbons (Fsp3) is 0.600. The zero-order valence-corrected chi connectivity index (χ0v) is 29.6. The maximum atomic E-state index is 13.7. The van der Waals surface area contributed by atoms with E-state index < -0.39 is 0 Å². The summed E-state index contributed by atoms with van der Waals surface area (Å²) < 4.78 is 0. The van der Waals surface area contributed by atoms with Crippen molar-refractivity contribution in [2.75, 3.05) is 36.8 Å². The van der Waals surface area contributed by atoms with Crippen LogP contribution in [-0.4, -0.2) is 71.4 Å². The molecular weight excluding hydrogens is 600 g/mol. The minimum atomic E-state index is -0.285. The fourth-order valence-electron chi connectivity index (χ4n) is 10.9. The van der Waals surface area contributed by atoms with Crippen molar-refractivity contribution < 1.29 is 19.2 Å². The smallest absolute Gasteiger partial charge is 0.225 e. The number of hydrogen-bond acceptors (Lipinski definition) is 6. The molecule has 2 saturated heterocycles. The quantitative estimate of drug-likeness (QED) is 0.274. The Labute approximate surface area is 285 Å². The van der Waals surface area contributed by atoms with Crippen molar-refractivity contribution >= 4 is 34.8 Å². The summed E-state index contributed by atoms with van der Waals surface area (Å²) in [5.41, 5.74) is 3.50. The molecule has 8 heteroatoms. The number of ketones is 2. The van der Waals surface area contributed by atoms with E-state index in [0.29, 0.717) is 82.2 Å². The first-order valence-corrected chi connectivity index (χ1v) is 17.9. The van der Waals surface area contributed by atoms with Crippen molar-refractivity contribution in [2.24, 2.45) is 21.7 Å². The van der Waals surface area contributed by atoms with Gasteiger partial charge < -0.3 is 10.6 Å². The Morgan fingerprint density at radius 2 is 1.02 bits per heavy atom. The van der Waals surface area contributed by atoms with Gasteiger partial charge in [0.15, 0.2) is 11.6 Å². The van der Waals surface area contributed by atoms with Gasteiger partial charge in [0.1, 0.15) is 0 Å². The van der Waals surface area contributed by atoms with E-state index in [-0.39, 0.29) is 34.5 Å². The van der Waals surface area contributed by atoms with Crippen molar-refractivity contribution in [1.29, 1.82) is 0 Å². The third-order valence-electron chi connectivity index (χ3n) is 11.9. The second kappa shape index (κ2) is 11.6. The number of carbonyl (C=O) groups excluding carboxylic acids is 4. The van der Waals surface area contributed by atoms with Crippen molar-refractivity contribution in [3.8, 4) is 0 Å². The maximum absolute atomic E-state index is 13.7. The Kier molecular flexibility index (Phi) is 8.02. The lowest BCUT2D eigenvalue weighted by Gasteiger charge is -2.40. The zero-order chi connectivity index (χ0) is 34.2. The summed E-state index contributed by atoms with van der Waals surface area (Å²) in [6.07, 6.45) is 7.90. The average Bonchev–Trinajstić information content (AvgIpc) is 3.38. The molecule has 2 N–H and O–H groups in total. The highest BCUT2D eigenvalue weighted by Crippen LogP contribution is 2.53. The second-order valence-corrected chi connectivity index (χ2v) is 18.1. The number of benzene rings is 2. The van der Waals surface area contributed by atoms with E-state index in [1.165, 1.54) is 25.7 Å². The molecule has 4 bridgehead atoms. The highest BCUT2D eigenvalue weighted by molar-refractivity contribution is 6.29. The van der Waals surface area contributed by atoms with Crippen molar-refractivity contribution in [3.63, 3.8) is 0 Å². The van der Waals surface area contributed by atoms with E-state index in [1.807, 2.05) is 0 Å². The zero-order valence-electron chi connectivity index (χ0n) is 29.6. The van der Waals surface area contributed by atoms with Gasteiger partial charge in [-0.3, -0.25) is 29.0 Å². The molecule has 0 aromatic heterocycles. The number of fused-ring (bicyclic) bond motifs is 6. The van der Waals surface area contributed by atoms with Crippen molar-refractivity contribution in [1.82, 2.24) is 9.80 Å². The van der Waals surface area contributed by atoms with Gasteiger partial charge in [-0.15, -0.1) is 0 Å². The van der Waals surface area contributed by atoms with Crippen LogP contribution in [0.25, 0.3) is 0 Å². The Hall–Kier alpha value is -3.36. The van der Waals surface area contributed by atoms with Crippen LogP contribution in [0.2, 0.25) is 0 Å². The number of nitrogens with one attached hydrogen (secondary N) is 2. The molecule has 7 rings (SSSR count). The van der Waals surface area contributed by atoms with E-state index >= 15 is 0 Å². The molecule has 0 spiro atoms. The molecule has 4 fully saturated rings. The summed E-state index contributed by atoms with van der Waals surface area (Å²) in [4.78, 5) is 58.1. The Bertz CT molecular complexity index is 1580. The van der Waals surface area contributed by atoms with Crippen LogP contribution in [0.15, 0.2) is 36.4 Å². The van der Waals surface area contributed by atoms with E-state index in [1.54, 1.807) is 36.4 Å². The second-order valence-electron chi connectivity index (χ2n) is 18.1. The fourth-order valence-corrected chi connectivity index (χ4v) is 10.9. The first-order chi connectivity index (χ1) is 22.5. The molecule has 2 aromatic rings. The first kappa shape index (κ1) is 33.2. The largest absolute Gasteiger partial charge is 0.326 e. The molecular formula is C40H52N4O4. The van der Waals surface area contributed by atoms with Gasteiger partial charge in [0.05, 0.1) is 0 Å². The number of hydrogen-bond donors (Lipinski definition) is 2. The highest BCUT2D eigenvalue weighted by atomic mass is 16.2. The normalized spacial score (nSPS) is 30.1. The van der Waals surface area contributed by atoms with Gasteiger partial charge in [-0.1, -0.05) is 41.5 Å². The van der Waals surface area contributed by atoms with Gasteiger partial charge in [-0.2, -0.15) is 0 Å². The Balaban J connectivity index is 0.967. The van der Waals surface area contributed by atoms with E-state index in [0.717, 1.165) is 25.9 Å². The molecule has 4 atom stereocenters. The SMILES string of the molecule is CC1(C)C[C@H]2C[C@](C)(CN2CCC(=O)Nc2ccc3c(c2)C(=O)c2cc(NC(=O)CCN4C[C@@]5(C)C[C@@H]4CC(C)(C)C5)ccc2C3=O)C1. The Morgan fingerprint density at radius 1 is 0.625 bits per heavy atom. The van der Waals surface area contributed by atoms with E-state index in [9.17, 15) is 19.2 Å². The van der Waals surface area contributed by atoms with Gasteiger partial charge in [0.25, 0.3) is 0 Å². The predicted molar refractivity (Wildman–Crippen MR) is 188 cm³/mol. The topological polar surface area (TPSA) is 98.8 Å². The standard InChI is InChI=1S/C40H52N4O4/c1-37(2)17-27-19-39(5,21-37)23-43(27)13-11-33(45)41-25-7-9-29-31(15-25)36(48)32-16-26(8-10-30(32)35(29)47)42-34(46)12-14-44-24-40(6)20-28(44)18-38(3,4)22-40/h7-10,15-16,27-28H,11-14,17-24H2,1-6H3,(H,41,45)(H,42,46)/t27-,28-,39-,40-/m0/s1. The summed E-state index contributed by atoms with van der Waals surface area (Å²) in [6.45, 7) is 17.6. The number of nitrogens with zero attached hydrogens (tertiary/aromatic N) is 2. The van der Waals surface area contributed by atoms with Crippen LogP contribution in [0, 0.1) is 21.7 Å². The maximum Gasteiger partial charge on any atom is 0.225 e. The molecule has 0 radical (unpaired) electrons. The summed E-state index contributed by atoms with van der Waals surface area (Å²) in [7, 11) is 0. The van der Waals surface area contributed by atoms with Gasteiger partial charge in [0, 0.05) is 84.7 Å². The number of anilines is 2. The molecule has 2 saturated carbocycles. The molecule has 2 aromatic carbocycles. The first-order valence-electron chi connectivity index (χ1n) is 17.9.